The second-order valence-corrected chi connectivity index (χ2v) is 7.63. The number of hydrogen-bond acceptors (Lipinski definition) is 3. The van der Waals surface area contributed by atoms with Gasteiger partial charge in [-0.3, -0.25) is 4.79 Å². The van der Waals surface area contributed by atoms with Crippen LogP contribution in [0.2, 0.25) is 0 Å². The summed E-state index contributed by atoms with van der Waals surface area (Å²) in [4.78, 5) is 25.1. The average molecular weight is 407 g/mol. The molecule has 0 radical (unpaired) electrons. The maximum absolute atomic E-state index is 13.1. The minimum atomic E-state index is -0.491. The molecule has 30 heavy (non-hydrogen) atoms. The number of Topliss-reactive ketones (excluding diaryl/α,β-unsaturated/α-hetero) is 1. The lowest BCUT2D eigenvalue weighted by Crippen LogP contribution is -2.16. The van der Waals surface area contributed by atoms with Crippen LogP contribution in [0.3, 0.4) is 0 Å². The first-order valence-electron chi connectivity index (χ1n) is 9.95. The van der Waals surface area contributed by atoms with Gasteiger partial charge in [-0.25, -0.2) is 9.18 Å². The zero-order chi connectivity index (χ0) is 21.8. The van der Waals surface area contributed by atoms with Crippen LogP contribution in [0, 0.1) is 33.5 Å². The number of nitrogens with zero attached hydrogens (tertiary/aromatic N) is 1. The smallest absolute Gasteiger partial charge is 0.338 e. The third-order valence-corrected chi connectivity index (χ3v) is 5.36. The molecule has 156 valence electrons. The minimum Gasteiger partial charge on any atom is -0.454 e. The quantitative estimate of drug-likeness (QED) is 0.402. The van der Waals surface area contributed by atoms with Gasteiger partial charge in [-0.15, -0.1) is 0 Å². The van der Waals surface area contributed by atoms with Crippen LogP contribution in [0.5, 0.6) is 0 Å². The Bertz CT molecular complexity index is 1080. The molecular weight excluding hydrogens is 381 g/mol. The van der Waals surface area contributed by atoms with E-state index in [-0.39, 0.29) is 18.2 Å². The normalized spacial score (nSPS) is 10.8. The van der Waals surface area contributed by atoms with Crippen LogP contribution in [-0.4, -0.2) is 22.9 Å². The van der Waals surface area contributed by atoms with Crippen molar-refractivity contribution in [3.8, 4) is 0 Å². The molecule has 0 aliphatic rings. The Morgan fingerprint density at radius 1 is 0.933 bits per heavy atom. The Labute approximate surface area is 176 Å². The first-order valence-corrected chi connectivity index (χ1v) is 9.95. The Morgan fingerprint density at radius 3 is 2.33 bits per heavy atom. The highest BCUT2D eigenvalue weighted by Crippen LogP contribution is 2.18. The van der Waals surface area contributed by atoms with Gasteiger partial charge in [0.1, 0.15) is 5.82 Å². The predicted octanol–water partition coefficient (Wildman–Crippen LogP) is 5.14. The van der Waals surface area contributed by atoms with E-state index in [9.17, 15) is 14.0 Å². The number of ether oxygens (including phenoxy) is 1. The van der Waals surface area contributed by atoms with Crippen molar-refractivity contribution in [2.75, 3.05) is 6.61 Å². The van der Waals surface area contributed by atoms with Gasteiger partial charge in [-0.1, -0.05) is 29.8 Å². The molecule has 1 aromatic heterocycles. The molecule has 3 rings (SSSR count). The lowest BCUT2D eigenvalue weighted by molar-refractivity contribution is 0.0473. The fourth-order valence-electron chi connectivity index (χ4n) is 3.56. The van der Waals surface area contributed by atoms with E-state index in [1.807, 2.05) is 45.9 Å². The zero-order valence-corrected chi connectivity index (χ0v) is 17.8. The summed E-state index contributed by atoms with van der Waals surface area (Å²) in [6.07, 6.45) is 0.728. The van der Waals surface area contributed by atoms with Gasteiger partial charge in [-0.05, 0) is 69.5 Å². The van der Waals surface area contributed by atoms with Crippen LogP contribution in [0.4, 0.5) is 4.39 Å². The van der Waals surface area contributed by atoms with E-state index in [0.29, 0.717) is 17.7 Å². The maximum atomic E-state index is 13.1. The number of carbonyl (C=O) groups is 2. The topological polar surface area (TPSA) is 48.3 Å². The van der Waals surface area contributed by atoms with Crippen molar-refractivity contribution < 1.29 is 18.7 Å². The summed E-state index contributed by atoms with van der Waals surface area (Å²) in [5.74, 6) is -0.972. The van der Waals surface area contributed by atoms with Gasteiger partial charge in [0, 0.05) is 23.5 Å². The molecule has 0 saturated heterocycles. The Hall–Kier alpha value is -3.21. The SMILES string of the molecule is Cc1ccc(C)c(C(=O)OCC(=O)c2cc(C)n(CCc3ccc(F)cc3)c2C)c1. The third kappa shape index (κ3) is 4.85. The summed E-state index contributed by atoms with van der Waals surface area (Å²) in [5, 5.41) is 0. The van der Waals surface area contributed by atoms with Gasteiger partial charge in [-0.2, -0.15) is 0 Å². The summed E-state index contributed by atoms with van der Waals surface area (Å²) in [7, 11) is 0. The average Bonchev–Trinajstić information content (AvgIpc) is 3.01. The molecule has 0 bridgehead atoms. The summed E-state index contributed by atoms with van der Waals surface area (Å²) in [5.41, 5.74) is 5.63. The Morgan fingerprint density at radius 2 is 1.63 bits per heavy atom. The van der Waals surface area contributed by atoms with E-state index in [0.717, 1.165) is 34.5 Å². The number of hydrogen-bond donors (Lipinski definition) is 0. The monoisotopic (exact) mass is 407 g/mol. The van der Waals surface area contributed by atoms with Crippen molar-refractivity contribution in [3.63, 3.8) is 0 Å². The van der Waals surface area contributed by atoms with E-state index in [1.54, 1.807) is 18.2 Å². The summed E-state index contributed by atoms with van der Waals surface area (Å²) < 4.78 is 20.4. The summed E-state index contributed by atoms with van der Waals surface area (Å²) >= 11 is 0. The second kappa shape index (κ2) is 9.08. The van der Waals surface area contributed by atoms with Crippen molar-refractivity contribution in [2.24, 2.45) is 0 Å². The molecule has 1 heterocycles. The third-order valence-electron chi connectivity index (χ3n) is 5.36. The van der Waals surface area contributed by atoms with Crippen molar-refractivity contribution in [1.82, 2.24) is 4.57 Å². The molecule has 0 N–H and O–H groups in total. The van der Waals surface area contributed by atoms with Crippen molar-refractivity contribution >= 4 is 11.8 Å². The minimum absolute atomic E-state index is 0.227. The molecule has 0 aliphatic carbocycles. The molecule has 0 fully saturated rings. The van der Waals surface area contributed by atoms with Crippen LogP contribution < -0.4 is 0 Å². The molecule has 5 heteroatoms. The maximum Gasteiger partial charge on any atom is 0.338 e. The van der Waals surface area contributed by atoms with Gasteiger partial charge in [0.05, 0.1) is 5.56 Å². The van der Waals surface area contributed by atoms with Crippen LogP contribution in [-0.2, 0) is 17.7 Å². The van der Waals surface area contributed by atoms with E-state index in [4.69, 9.17) is 4.74 Å². The Kier molecular flexibility index (Phi) is 6.50. The highest BCUT2D eigenvalue weighted by molar-refractivity contribution is 6.00. The van der Waals surface area contributed by atoms with E-state index in [2.05, 4.69) is 4.57 Å². The molecule has 2 aromatic carbocycles. The predicted molar refractivity (Wildman–Crippen MR) is 115 cm³/mol. The number of halogens is 1. The molecule has 0 spiro atoms. The summed E-state index contributed by atoms with van der Waals surface area (Å²) in [6.45, 7) is 7.95. The van der Waals surface area contributed by atoms with Crippen LogP contribution >= 0.6 is 0 Å². The van der Waals surface area contributed by atoms with Crippen molar-refractivity contribution in [2.45, 2.75) is 40.7 Å². The number of esters is 1. The van der Waals surface area contributed by atoms with Gasteiger partial charge >= 0.3 is 5.97 Å². The first-order chi connectivity index (χ1) is 14.3. The molecule has 0 atom stereocenters. The van der Waals surface area contributed by atoms with Gasteiger partial charge in [0.25, 0.3) is 0 Å². The van der Waals surface area contributed by atoms with Crippen LogP contribution in [0.1, 0.15) is 48.8 Å². The van der Waals surface area contributed by atoms with Crippen LogP contribution in [0.15, 0.2) is 48.5 Å². The molecule has 0 unspecified atom stereocenters. The number of carbonyl (C=O) groups excluding carboxylic acids is 2. The van der Waals surface area contributed by atoms with Gasteiger partial charge < -0.3 is 9.30 Å². The number of aryl methyl sites for hydroxylation is 4. The second-order valence-electron chi connectivity index (χ2n) is 7.63. The highest BCUT2D eigenvalue weighted by atomic mass is 19.1. The van der Waals surface area contributed by atoms with E-state index < -0.39 is 5.97 Å². The molecule has 4 nitrogen and oxygen atoms in total. The largest absolute Gasteiger partial charge is 0.454 e. The van der Waals surface area contributed by atoms with Crippen molar-refractivity contribution in [1.29, 1.82) is 0 Å². The molecule has 3 aromatic rings. The van der Waals surface area contributed by atoms with Gasteiger partial charge in [0.15, 0.2) is 6.61 Å². The lowest BCUT2D eigenvalue weighted by atomic mass is 10.1. The van der Waals surface area contributed by atoms with Gasteiger partial charge in [0.2, 0.25) is 5.78 Å². The van der Waals surface area contributed by atoms with E-state index in [1.165, 1.54) is 12.1 Å². The zero-order valence-electron chi connectivity index (χ0n) is 17.8. The molecular formula is C25H26FNO3. The summed E-state index contributed by atoms with van der Waals surface area (Å²) in [6, 6.07) is 13.8. The lowest BCUT2D eigenvalue weighted by Gasteiger charge is -2.10. The number of benzene rings is 2. The highest BCUT2D eigenvalue weighted by Gasteiger charge is 2.18. The molecule has 0 saturated carbocycles. The molecule has 0 aliphatic heterocycles. The fourth-order valence-corrected chi connectivity index (χ4v) is 3.56. The standard InChI is InChI=1S/C25H26FNO3/c1-16-5-6-17(2)22(13-16)25(29)30-15-24(28)23-14-18(3)27(19(23)4)12-11-20-7-9-21(26)10-8-20/h5-10,13-14H,11-12,15H2,1-4H3. The molecule has 0 amide bonds. The number of ketones is 1. The first kappa shape index (κ1) is 21.5. The Balaban J connectivity index is 1.66. The van der Waals surface area contributed by atoms with E-state index >= 15 is 0 Å². The number of aromatic nitrogens is 1. The van der Waals surface area contributed by atoms with Crippen LogP contribution in [0.25, 0.3) is 0 Å². The fraction of sp³-hybridized carbons (Fsp3) is 0.280. The van der Waals surface area contributed by atoms with Crippen molar-refractivity contribution in [3.05, 3.63) is 93.6 Å². The number of rotatable bonds is 7.